The standard InChI is InChI=1S/C14H12BrNO4S/c1-20-14(17)10-4-2-6-12(8-10)16-21(18,19)13-7-3-5-11(15)9-13/h2-9,16H,1H3. The smallest absolute Gasteiger partial charge is 0.337 e. The topological polar surface area (TPSA) is 72.5 Å². The van der Waals surface area contributed by atoms with Gasteiger partial charge in [-0.15, -0.1) is 0 Å². The highest BCUT2D eigenvalue weighted by molar-refractivity contribution is 9.10. The lowest BCUT2D eigenvalue weighted by molar-refractivity contribution is 0.0601. The summed E-state index contributed by atoms with van der Waals surface area (Å²) in [4.78, 5) is 11.6. The summed E-state index contributed by atoms with van der Waals surface area (Å²) in [6, 6.07) is 12.4. The number of hydrogen-bond donors (Lipinski definition) is 1. The van der Waals surface area contributed by atoms with Gasteiger partial charge in [-0.05, 0) is 36.4 Å². The summed E-state index contributed by atoms with van der Waals surface area (Å²) in [5.74, 6) is -0.529. The molecule has 5 nitrogen and oxygen atoms in total. The molecule has 0 amide bonds. The zero-order valence-electron chi connectivity index (χ0n) is 11.0. The van der Waals surface area contributed by atoms with Crippen LogP contribution in [0.5, 0.6) is 0 Å². The number of methoxy groups -OCH3 is 1. The van der Waals surface area contributed by atoms with Crippen LogP contribution in [0.1, 0.15) is 10.4 Å². The van der Waals surface area contributed by atoms with Gasteiger partial charge in [-0.1, -0.05) is 28.1 Å². The van der Waals surface area contributed by atoms with E-state index in [4.69, 9.17) is 0 Å². The molecule has 0 aliphatic carbocycles. The van der Waals surface area contributed by atoms with E-state index in [2.05, 4.69) is 25.4 Å². The first-order valence-electron chi connectivity index (χ1n) is 5.89. The SMILES string of the molecule is COC(=O)c1cccc(NS(=O)(=O)c2cccc(Br)c2)c1. The molecule has 0 atom stereocenters. The number of carbonyl (C=O) groups excluding carboxylic acids is 1. The Morgan fingerprint density at radius 2 is 1.86 bits per heavy atom. The van der Waals surface area contributed by atoms with Gasteiger partial charge in [0.2, 0.25) is 0 Å². The van der Waals surface area contributed by atoms with Crippen molar-refractivity contribution >= 4 is 37.6 Å². The molecule has 0 spiro atoms. The van der Waals surface area contributed by atoms with Crippen LogP contribution >= 0.6 is 15.9 Å². The zero-order chi connectivity index (χ0) is 15.5. The van der Waals surface area contributed by atoms with Crippen LogP contribution in [0.15, 0.2) is 57.9 Å². The lowest BCUT2D eigenvalue weighted by Gasteiger charge is -2.09. The van der Waals surface area contributed by atoms with E-state index >= 15 is 0 Å². The zero-order valence-corrected chi connectivity index (χ0v) is 13.4. The third-order valence-corrected chi connectivity index (χ3v) is 4.51. The van der Waals surface area contributed by atoms with Gasteiger partial charge in [-0.3, -0.25) is 4.72 Å². The largest absolute Gasteiger partial charge is 0.465 e. The summed E-state index contributed by atoms with van der Waals surface area (Å²) < 4.78 is 32.2. The van der Waals surface area contributed by atoms with Gasteiger partial charge in [0, 0.05) is 10.2 Å². The number of ether oxygens (including phenoxy) is 1. The summed E-state index contributed by atoms with van der Waals surface area (Å²) in [6.07, 6.45) is 0. The number of hydrogen-bond acceptors (Lipinski definition) is 4. The van der Waals surface area contributed by atoms with Crippen molar-refractivity contribution in [2.45, 2.75) is 4.90 Å². The molecule has 0 saturated heterocycles. The third-order valence-electron chi connectivity index (χ3n) is 2.64. The van der Waals surface area contributed by atoms with Crippen molar-refractivity contribution in [2.75, 3.05) is 11.8 Å². The Kier molecular flexibility index (Phi) is 4.64. The fourth-order valence-electron chi connectivity index (χ4n) is 1.68. The van der Waals surface area contributed by atoms with Crippen LogP contribution in [0, 0.1) is 0 Å². The Bertz CT molecular complexity index is 774. The van der Waals surface area contributed by atoms with Crippen molar-refractivity contribution < 1.29 is 17.9 Å². The van der Waals surface area contributed by atoms with Crippen molar-refractivity contribution in [1.29, 1.82) is 0 Å². The third kappa shape index (κ3) is 3.83. The molecule has 0 aliphatic heterocycles. The molecule has 0 aliphatic rings. The van der Waals surface area contributed by atoms with Gasteiger partial charge in [0.15, 0.2) is 0 Å². The number of halogens is 1. The van der Waals surface area contributed by atoms with Crippen LogP contribution in [0.25, 0.3) is 0 Å². The van der Waals surface area contributed by atoms with Crippen LogP contribution in [0.3, 0.4) is 0 Å². The van der Waals surface area contributed by atoms with E-state index in [0.717, 1.165) is 0 Å². The van der Waals surface area contributed by atoms with Gasteiger partial charge in [0.1, 0.15) is 0 Å². The predicted molar refractivity (Wildman–Crippen MR) is 82.7 cm³/mol. The molecule has 110 valence electrons. The number of anilines is 1. The van der Waals surface area contributed by atoms with Crippen molar-refractivity contribution in [1.82, 2.24) is 0 Å². The minimum absolute atomic E-state index is 0.125. The van der Waals surface area contributed by atoms with E-state index in [9.17, 15) is 13.2 Å². The average molecular weight is 370 g/mol. The minimum atomic E-state index is -3.72. The first kappa shape index (κ1) is 15.5. The summed E-state index contributed by atoms with van der Waals surface area (Å²) in [7, 11) is -2.45. The Hall–Kier alpha value is -1.86. The maximum Gasteiger partial charge on any atom is 0.337 e. The maximum atomic E-state index is 12.3. The number of nitrogens with one attached hydrogen (secondary N) is 1. The molecular weight excluding hydrogens is 358 g/mol. The molecule has 2 aromatic carbocycles. The summed E-state index contributed by atoms with van der Waals surface area (Å²) >= 11 is 3.23. The van der Waals surface area contributed by atoms with Crippen LogP contribution in [0.2, 0.25) is 0 Å². The number of sulfonamides is 1. The lowest BCUT2D eigenvalue weighted by Crippen LogP contribution is -2.13. The molecule has 0 fully saturated rings. The van der Waals surface area contributed by atoms with E-state index < -0.39 is 16.0 Å². The highest BCUT2D eigenvalue weighted by atomic mass is 79.9. The van der Waals surface area contributed by atoms with Gasteiger partial charge >= 0.3 is 5.97 Å². The van der Waals surface area contributed by atoms with Gasteiger partial charge in [0.25, 0.3) is 10.0 Å². The molecule has 0 aromatic heterocycles. The second-order valence-electron chi connectivity index (χ2n) is 4.14. The molecule has 0 unspecified atom stereocenters. The van der Waals surface area contributed by atoms with E-state index in [-0.39, 0.29) is 16.1 Å². The van der Waals surface area contributed by atoms with Crippen molar-refractivity contribution in [3.8, 4) is 0 Å². The normalized spacial score (nSPS) is 11.0. The number of carbonyl (C=O) groups is 1. The monoisotopic (exact) mass is 369 g/mol. The quantitative estimate of drug-likeness (QED) is 0.840. The second kappa shape index (κ2) is 6.28. The number of rotatable bonds is 4. The molecule has 0 heterocycles. The van der Waals surface area contributed by atoms with Crippen LogP contribution in [-0.2, 0) is 14.8 Å². The molecule has 2 aromatic rings. The first-order valence-corrected chi connectivity index (χ1v) is 8.17. The Labute approximate surface area is 131 Å². The molecular formula is C14H12BrNO4S. The number of esters is 1. The minimum Gasteiger partial charge on any atom is -0.465 e. The highest BCUT2D eigenvalue weighted by Gasteiger charge is 2.15. The van der Waals surface area contributed by atoms with E-state index in [0.29, 0.717) is 4.47 Å². The highest BCUT2D eigenvalue weighted by Crippen LogP contribution is 2.20. The molecule has 21 heavy (non-hydrogen) atoms. The van der Waals surface area contributed by atoms with Crippen LogP contribution < -0.4 is 4.72 Å². The van der Waals surface area contributed by atoms with Gasteiger partial charge in [-0.2, -0.15) is 0 Å². The van der Waals surface area contributed by atoms with E-state index in [1.54, 1.807) is 30.3 Å². The van der Waals surface area contributed by atoms with Gasteiger partial charge in [-0.25, -0.2) is 13.2 Å². The van der Waals surface area contributed by atoms with Crippen molar-refractivity contribution in [2.24, 2.45) is 0 Å². The lowest BCUT2D eigenvalue weighted by atomic mass is 10.2. The number of benzene rings is 2. The Balaban J connectivity index is 2.31. The van der Waals surface area contributed by atoms with E-state index in [1.165, 1.54) is 25.3 Å². The second-order valence-corrected chi connectivity index (χ2v) is 6.73. The fourth-order valence-corrected chi connectivity index (χ4v) is 3.32. The summed E-state index contributed by atoms with van der Waals surface area (Å²) in [5, 5.41) is 0. The summed E-state index contributed by atoms with van der Waals surface area (Å²) in [6.45, 7) is 0. The van der Waals surface area contributed by atoms with Crippen LogP contribution in [-0.4, -0.2) is 21.5 Å². The van der Waals surface area contributed by atoms with Crippen molar-refractivity contribution in [3.63, 3.8) is 0 Å². The molecule has 2 rings (SSSR count). The summed E-state index contributed by atoms with van der Waals surface area (Å²) in [5.41, 5.74) is 0.560. The Morgan fingerprint density at radius 1 is 1.14 bits per heavy atom. The average Bonchev–Trinajstić information content (AvgIpc) is 2.46. The fraction of sp³-hybridized carbons (Fsp3) is 0.0714. The van der Waals surface area contributed by atoms with Crippen LogP contribution in [0.4, 0.5) is 5.69 Å². The molecule has 7 heteroatoms. The molecule has 0 saturated carbocycles. The predicted octanol–water partition coefficient (Wildman–Crippen LogP) is 3.04. The maximum absolute atomic E-state index is 12.3. The molecule has 1 N–H and O–H groups in total. The molecule has 0 radical (unpaired) electrons. The van der Waals surface area contributed by atoms with Gasteiger partial charge in [0.05, 0.1) is 17.6 Å². The van der Waals surface area contributed by atoms with Crippen molar-refractivity contribution in [3.05, 3.63) is 58.6 Å². The Morgan fingerprint density at radius 3 is 2.52 bits per heavy atom. The first-order chi connectivity index (χ1) is 9.92. The van der Waals surface area contributed by atoms with E-state index in [1.807, 2.05) is 0 Å². The molecule has 0 bridgehead atoms. The van der Waals surface area contributed by atoms with Gasteiger partial charge < -0.3 is 4.74 Å².